The summed E-state index contributed by atoms with van der Waals surface area (Å²) in [4.78, 5) is 17.7. The van der Waals surface area contributed by atoms with E-state index >= 15 is 0 Å². The van der Waals surface area contributed by atoms with E-state index in [2.05, 4.69) is 10.3 Å². The van der Waals surface area contributed by atoms with Crippen LogP contribution in [0.15, 0.2) is 40.8 Å². The van der Waals surface area contributed by atoms with Crippen molar-refractivity contribution in [3.05, 3.63) is 47.0 Å². The lowest BCUT2D eigenvalue weighted by Crippen LogP contribution is -2.47. The van der Waals surface area contributed by atoms with Crippen molar-refractivity contribution in [3.8, 4) is 11.5 Å². The minimum atomic E-state index is 0.0780. The van der Waals surface area contributed by atoms with E-state index < -0.39 is 0 Å². The third-order valence-corrected chi connectivity index (χ3v) is 8.06. The normalized spacial score (nSPS) is 28.9. The van der Waals surface area contributed by atoms with Crippen molar-refractivity contribution < 1.29 is 9.21 Å². The number of aromatic nitrogens is 1. The summed E-state index contributed by atoms with van der Waals surface area (Å²) < 4.78 is 5.96. The van der Waals surface area contributed by atoms with Crippen molar-refractivity contribution in [1.29, 1.82) is 0 Å². The van der Waals surface area contributed by atoms with Crippen molar-refractivity contribution >= 4 is 34.3 Å². The summed E-state index contributed by atoms with van der Waals surface area (Å²) >= 11 is 6.44. The highest BCUT2D eigenvalue weighted by molar-refractivity contribution is 6.33. The number of hydrogen-bond donors (Lipinski definition) is 1. The number of nitrogens with one attached hydrogen (secondary N) is 1. The fraction of sp³-hybridized carbons (Fsp3) is 0.462. The van der Waals surface area contributed by atoms with Gasteiger partial charge in [0, 0.05) is 12.0 Å². The Morgan fingerprint density at radius 2 is 1.81 bits per heavy atom. The molecule has 4 aliphatic carbocycles. The molecule has 4 bridgehead atoms. The molecule has 0 saturated heterocycles. The number of amides is 1. The Morgan fingerprint density at radius 1 is 1.10 bits per heavy atom. The monoisotopic (exact) mass is 434 g/mol. The number of benzene rings is 2. The van der Waals surface area contributed by atoms with Gasteiger partial charge < -0.3 is 9.73 Å². The van der Waals surface area contributed by atoms with E-state index in [1.807, 2.05) is 37.3 Å². The van der Waals surface area contributed by atoms with Crippen LogP contribution < -0.4 is 5.32 Å². The van der Waals surface area contributed by atoms with Crippen LogP contribution in [0.5, 0.6) is 0 Å². The molecule has 0 atom stereocenters. The van der Waals surface area contributed by atoms with Gasteiger partial charge >= 0.3 is 0 Å². The Labute approximate surface area is 187 Å². The number of oxazole rings is 1. The zero-order chi connectivity index (χ0) is 21.2. The van der Waals surface area contributed by atoms with Gasteiger partial charge in [0.25, 0.3) is 0 Å². The lowest BCUT2D eigenvalue weighted by atomic mass is 9.49. The fourth-order valence-electron chi connectivity index (χ4n) is 6.95. The smallest absolute Gasteiger partial charge is 0.227 e. The third-order valence-electron chi connectivity index (χ3n) is 7.73. The molecule has 0 aliphatic heterocycles. The van der Waals surface area contributed by atoms with Crippen LogP contribution in [-0.2, 0) is 4.79 Å². The van der Waals surface area contributed by atoms with Crippen molar-refractivity contribution in [3.63, 3.8) is 0 Å². The quantitative estimate of drug-likeness (QED) is 0.480. The number of halogens is 1. The van der Waals surface area contributed by atoms with Crippen LogP contribution in [-0.4, -0.2) is 10.9 Å². The predicted octanol–water partition coefficient (Wildman–Crippen LogP) is 7.00. The first-order chi connectivity index (χ1) is 14.9. The fourth-order valence-corrected chi connectivity index (χ4v) is 7.12. The molecule has 0 spiro atoms. The number of carbonyl (C=O) groups excluding carboxylic acids is 1. The Hall–Kier alpha value is -2.33. The van der Waals surface area contributed by atoms with Crippen molar-refractivity contribution in [2.45, 2.75) is 51.9 Å². The summed E-state index contributed by atoms with van der Waals surface area (Å²) in [5.41, 5.74) is 4.36. The molecule has 0 radical (unpaired) electrons. The highest BCUT2D eigenvalue weighted by Crippen LogP contribution is 2.61. The number of fused-ring (bicyclic) bond motifs is 1. The van der Waals surface area contributed by atoms with Gasteiger partial charge in [-0.1, -0.05) is 17.7 Å². The van der Waals surface area contributed by atoms with Gasteiger partial charge in [-0.25, -0.2) is 4.98 Å². The average Bonchev–Trinajstić information content (AvgIpc) is 3.11. The maximum absolute atomic E-state index is 13.1. The van der Waals surface area contributed by atoms with Crippen LogP contribution in [0.2, 0.25) is 5.02 Å². The Kier molecular flexibility index (Phi) is 4.43. The van der Waals surface area contributed by atoms with Gasteiger partial charge in [-0.15, -0.1) is 0 Å². The van der Waals surface area contributed by atoms with Crippen LogP contribution >= 0.6 is 11.6 Å². The van der Waals surface area contributed by atoms with Crippen LogP contribution in [0.1, 0.15) is 50.5 Å². The number of rotatable bonds is 4. The van der Waals surface area contributed by atoms with Crippen molar-refractivity contribution in [1.82, 2.24) is 4.98 Å². The number of anilines is 1. The average molecular weight is 435 g/mol. The molecule has 2 aromatic carbocycles. The molecule has 4 saturated carbocycles. The number of carbonyl (C=O) groups is 1. The minimum Gasteiger partial charge on any atom is -0.436 e. The van der Waals surface area contributed by atoms with Gasteiger partial charge in [0.05, 0.1) is 10.7 Å². The number of hydrogen-bond acceptors (Lipinski definition) is 3. The molecule has 31 heavy (non-hydrogen) atoms. The minimum absolute atomic E-state index is 0.0780. The Bertz CT molecular complexity index is 1150. The number of aryl methyl sites for hydroxylation is 1. The first-order valence-corrected chi connectivity index (χ1v) is 11.8. The largest absolute Gasteiger partial charge is 0.436 e. The molecule has 7 rings (SSSR count). The molecule has 0 unspecified atom stereocenters. The molecule has 5 heteroatoms. The lowest BCUT2D eigenvalue weighted by Gasteiger charge is -2.56. The second-order valence-electron chi connectivity index (χ2n) is 10.3. The summed E-state index contributed by atoms with van der Waals surface area (Å²) in [6, 6.07) is 11.5. The molecule has 160 valence electrons. The Balaban J connectivity index is 1.23. The van der Waals surface area contributed by atoms with Gasteiger partial charge in [-0.3, -0.25) is 4.79 Å². The topological polar surface area (TPSA) is 55.1 Å². The van der Waals surface area contributed by atoms with Crippen molar-refractivity contribution in [2.24, 2.45) is 23.2 Å². The highest BCUT2D eigenvalue weighted by atomic mass is 35.5. The Morgan fingerprint density at radius 3 is 2.52 bits per heavy atom. The molecule has 1 aromatic heterocycles. The van der Waals surface area contributed by atoms with Gasteiger partial charge in [-0.2, -0.15) is 0 Å². The predicted molar refractivity (Wildman–Crippen MR) is 123 cm³/mol. The van der Waals surface area contributed by atoms with E-state index in [1.165, 1.54) is 38.5 Å². The van der Waals surface area contributed by atoms with Gasteiger partial charge in [0.15, 0.2) is 5.58 Å². The maximum atomic E-state index is 13.1. The van der Waals surface area contributed by atoms with Gasteiger partial charge in [-0.05, 0) is 105 Å². The molecule has 4 fully saturated rings. The standard InChI is InChI=1S/C26H27ClN2O2/c1-15-2-5-21-23(6-15)31-25(29-21)19-3-4-20(27)22(10-19)28-24(30)14-26-11-16-7-17(12-26)9-18(8-16)13-26/h2-6,10,16-18H,7-9,11-14H2,1H3,(H,28,30). The lowest BCUT2D eigenvalue weighted by molar-refractivity contribution is -0.124. The first-order valence-electron chi connectivity index (χ1n) is 11.4. The van der Waals surface area contributed by atoms with E-state index in [9.17, 15) is 4.79 Å². The first kappa shape index (κ1) is 19.4. The van der Waals surface area contributed by atoms with E-state index in [-0.39, 0.29) is 11.3 Å². The maximum Gasteiger partial charge on any atom is 0.227 e. The van der Waals surface area contributed by atoms with E-state index in [4.69, 9.17) is 16.0 Å². The molecule has 1 N–H and O–H groups in total. The zero-order valence-corrected chi connectivity index (χ0v) is 18.5. The molecule has 4 nitrogen and oxygen atoms in total. The van der Waals surface area contributed by atoms with Crippen molar-refractivity contribution in [2.75, 3.05) is 5.32 Å². The zero-order valence-electron chi connectivity index (χ0n) is 17.8. The second-order valence-corrected chi connectivity index (χ2v) is 10.7. The number of nitrogens with zero attached hydrogens (tertiary/aromatic N) is 1. The van der Waals surface area contributed by atoms with Gasteiger partial charge in [0.1, 0.15) is 5.52 Å². The summed E-state index contributed by atoms with van der Waals surface area (Å²) in [7, 11) is 0. The summed E-state index contributed by atoms with van der Waals surface area (Å²) in [6.45, 7) is 2.03. The highest BCUT2D eigenvalue weighted by Gasteiger charge is 2.51. The molecular formula is C26H27ClN2O2. The van der Waals surface area contributed by atoms with Crippen LogP contribution in [0.3, 0.4) is 0 Å². The van der Waals surface area contributed by atoms with E-state index in [1.54, 1.807) is 6.07 Å². The van der Waals surface area contributed by atoms with Gasteiger partial charge in [0.2, 0.25) is 11.8 Å². The SMILES string of the molecule is Cc1ccc2nc(-c3ccc(Cl)c(NC(=O)CC45CC6CC(CC(C6)C4)C5)c3)oc2c1. The van der Waals surface area contributed by atoms with Crippen LogP contribution in [0.4, 0.5) is 5.69 Å². The second kappa shape index (κ2) is 7.09. The molecule has 3 aromatic rings. The molecule has 4 aliphatic rings. The van der Waals surface area contributed by atoms with E-state index in [0.717, 1.165) is 40.0 Å². The third kappa shape index (κ3) is 3.55. The summed E-state index contributed by atoms with van der Waals surface area (Å²) in [5, 5.41) is 3.63. The molecule has 1 heterocycles. The molecular weight excluding hydrogens is 408 g/mol. The molecule has 1 amide bonds. The van der Waals surface area contributed by atoms with Crippen LogP contribution in [0, 0.1) is 30.1 Å². The summed E-state index contributed by atoms with van der Waals surface area (Å²) in [6.07, 6.45) is 8.45. The van der Waals surface area contributed by atoms with Crippen LogP contribution in [0.25, 0.3) is 22.6 Å². The summed E-state index contributed by atoms with van der Waals surface area (Å²) in [5.74, 6) is 3.14. The van der Waals surface area contributed by atoms with E-state index in [0.29, 0.717) is 23.0 Å².